The normalized spacial score (nSPS) is 15.6. The highest BCUT2D eigenvalue weighted by molar-refractivity contribution is 6.07. The van der Waals surface area contributed by atoms with Gasteiger partial charge >= 0.3 is 0 Å². The van der Waals surface area contributed by atoms with E-state index in [-0.39, 0.29) is 11.9 Å². The second-order valence-corrected chi connectivity index (χ2v) is 7.71. The Morgan fingerprint density at radius 1 is 0.893 bits per heavy atom. The minimum absolute atomic E-state index is 0.0549. The van der Waals surface area contributed by atoms with Gasteiger partial charge in [0, 0.05) is 24.7 Å². The van der Waals surface area contributed by atoms with Crippen LogP contribution in [0.15, 0.2) is 72.8 Å². The lowest BCUT2D eigenvalue weighted by Gasteiger charge is -2.32. The largest absolute Gasteiger partial charge is 0.349 e. The monoisotopic (exact) mass is 372 g/mol. The van der Waals surface area contributed by atoms with E-state index >= 15 is 0 Å². The van der Waals surface area contributed by atoms with Gasteiger partial charge < -0.3 is 10.2 Å². The summed E-state index contributed by atoms with van der Waals surface area (Å²) in [5.74, 6) is 0.0549. The molecule has 1 saturated heterocycles. The summed E-state index contributed by atoms with van der Waals surface area (Å²) >= 11 is 0. The van der Waals surface area contributed by atoms with E-state index < -0.39 is 0 Å². The Bertz CT molecular complexity index is 909. The Balaban J connectivity index is 1.25. The van der Waals surface area contributed by atoms with Crippen LogP contribution in [0.5, 0.6) is 0 Å². The van der Waals surface area contributed by atoms with Crippen LogP contribution in [0.1, 0.15) is 35.2 Å². The summed E-state index contributed by atoms with van der Waals surface area (Å²) in [4.78, 5) is 15.3. The van der Waals surface area contributed by atoms with Crippen molar-refractivity contribution in [2.75, 3.05) is 19.6 Å². The van der Waals surface area contributed by atoms with Crippen molar-refractivity contribution in [1.29, 1.82) is 0 Å². The van der Waals surface area contributed by atoms with Gasteiger partial charge in [0.1, 0.15) is 0 Å². The van der Waals surface area contributed by atoms with E-state index in [9.17, 15) is 4.79 Å². The third kappa shape index (κ3) is 4.60. The van der Waals surface area contributed by atoms with E-state index in [2.05, 4.69) is 52.7 Å². The number of nitrogens with one attached hydrogen (secondary N) is 1. The van der Waals surface area contributed by atoms with Crippen LogP contribution < -0.4 is 5.32 Å². The number of hydrogen-bond acceptors (Lipinski definition) is 2. The van der Waals surface area contributed by atoms with E-state index in [0.29, 0.717) is 0 Å². The molecule has 0 spiro atoms. The number of piperidine rings is 1. The second kappa shape index (κ2) is 9.03. The molecule has 3 aromatic carbocycles. The highest BCUT2D eigenvalue weighted by atomic mass is 16.1. The standard InChI is InChI=1S/C25H28N2O/c28-25(24-14-6-12-21-11-4-5-13-23(21)24)26-22-15-18-27(19-16-22)17-7-10-20-8-2-1-3-9-20/h1-6,8-9,11-14,22H,7,10,15-19H2,(H,26,28). The first kappa shape index (κ1) is 18.7. The Hall–Kier alpha value is -2.65. The molecule has 0 aromatic heterocycles. The molecule has 0 radical (unpaired) electrons. The van der Waals surface area contributed by atoms with E-state index in [1.165, 1.54) is 12.0 Å². The molecule has 144 valence electrons. The van der Waals surface area contributed by atoms with Gasteiger partial charge in [0.25, 0.3) is 5.91 Å². The molecule has 0 unspecified atom stereocenters. The minimum atomic E-state index is 0.0549. The first-order chi connectivity index (χ1) is 13.8. The molecule has 3 heteroatoms. The number of benzene rings is 3. The summed E-state index contributed by atoms with van der Waals surface area (Å²) in [5, 5.41) is 5.41. The zero-order valence-electron chi connectivity index (χ0n) is 16.3. The molecule has 0 aliphatic carbocycles. The van der Waals surface area contributed by atoms with Crippen molar-refractivity contribution in [3.63, 3.8) is 0 Å². The number of hydrogen-bond donors (Lipinski definition) is 1. The average molecular weight is 373 g/mol. The highest BCUT2D eigenvalue weighted by Gasteiger charge is 2.21. The third-order valence-corrected chi connectivity index (χ3v) is 5.74. The number of rotatable bonds is 6. The lowest BCUT2D eigenvalue weighted by atomic mass is 10.0. The lowest BCUT2D eigenvalue weighted by Crippen LogP contribution is -2.44. The summed E-state index contributed by atoms with van der Waals surface area (Å²) in [6, 6.07) is 25.0. The molecule has 28 heavy (non-hydrogen) atoms. The predicted molar refractivity (Wildman–Crippen MR) is 116 cm³/mol. The molecule has 0 saturated carbocycles. The zero-order chi connectivity index (χ0) is 19.2. The van der Waals surface area contributed by atoms with Crippen molar-refractivity contribution < 1.29 is 4.79 Å². The fraction of sp³-hybridized carbons (Fsp3) is 0.320. The molecule has 1 fully saturated rings. The van der Waals surface area contributed by atoms with Gasteiger partial charge in [-0.3, -0.25) is 4.79 Å². The molecule has 3 aromatic rings. The van der Waals surface area contributed by atoms with Gasteiger partial charge in [0.2, 0.25) is 0 Å². The maximum atomic E-state index is 12.8. The fourth-order valence-electron chi connectivity index (χ4n) is 4.14. The molecule has 1 heterocycles. The quantitative estimate of drug-likeness (QED) is 0.682. The smallest absolute Gasteiger partial charge is 0.252 e. The third-order valence-electron chi connectivity index (χ3n) is 5.74. The van der Waals surface area contributed by atoms with E-state index in [1.54, 1.807) is 0 Å². The Kier molecular flexibility index (Phi) is 6.03. The number of fused-ring (bicyclic) bond motifs is 1. The molecule has 1 aliphatic heterocycles. The molecular weight excluding hydrogens is 344 g/mol. The first-order valence-electron chi connectivity index (χ1n) is 10.3. The van der Waals surface area contributed by atoms with Gasteiger partial charge in [-0.25, -0.2) is 0 Å². The molecule has 0 bridgehead atoms. The van der Waals surface area contributed by atoms with Gasteiger partial charge in [-0.1, -0.05) is 66.7 Å². The predicted octanol–water partition coefficient (Wildman–Crippen LogP) is 4.67. The summed E-state index contributed by atoms with van der Waals surface area (Å²) < 4.78 is 0. The first-order valence-corrected chi connectivity index (χ1v) is 10.3. The zero-order valence-corrected chi connectivity index (χ0v) is 16.3. The van der Waals surface area contributed by atoms with Crippen LogP contribution in [-0.2, 0) is 6.42 Å². The Morgan fingerprint density at radius 2 is 1.61 bits per heavy atom. The van der Waals surface area contributed by atoms with Gasteiger partial charge in [-0.15, -0.1) is 0 Å². The number of amides is 1. The van der Waals surface area contributed by atoms with Gasteiger partial charge in [-0.2, -0.15) is 0 Å². The van der Waals surface area contributed by atoms with Crippen LogP contribution in [0.4, 0.5) is 0 Å². The maximum absolute atomic E-state index is 12.8. The van der Waals surface area contributed by atoms with Crippen LogP contribution >= 0.6 is 0 Å². The number of aryl methyl sites for hydroxylation is 1. The number of carbonyl (C=O) groups is 1. The highest BCUT2D eigenvalue weighted by Crippen LogP contribution is 2.19. The summed E-state index contributed by atoms with van der Waals surface area (Å²) in [6.45, 7) is 3.27. The second-order valence-electron chi connectivity index (χ2n) is 7.71. The number of carbonyl (C=O) groups excluding carboxylic acids is 1. The van der Waals surface area contributed by atoms with Crippen molar-refractivity contribution in [3.8, 4) is 0 Å². The van der Waals surface area contributed by atoms with Crippen LogP contribution in [0, 0.1) is 0 Å². The topological polar surface area (TPSA) is 32.3 Å². The summed E-state index contributed by atoms with van der Waals surface area (Å²) in [6.07, 6.45) is 4.39. The Morgan fingerprint density at radius 3 is 2.43 bits per heavy atom. The average Bonchev–Trinajstić information content (AvgIpc) is 2.75. The molecule has 1 N–H and O–H groups in total. The van der Waals surface area contributed by atoms with Crippen LogP contribution in [0.2, 0.25) is 0 Å². The van der Waals surface area contributed by atoms with Crippen molar-refractivity contribution in [2.24, 2.45) is 0 Å². The van der Waals surface area contributed by atoms with E-state index in [1.807, 2.05) is 30.3 Å². The number of likely N-dealkylation sites (tertiary alicyclic amines) is 1. The van der Waals surface area contributed by atoms with Gasteiger partial charge in [0.05, 0.1) is 0 Å². The van der Waals surface area contributed by atoms with Crippen LogP contribution in [0.25, 0.3) is 10.8 Å². The van der Waals surface area contributed by atoms with Crippen LogP contribution in [0.3, 0.4) is 0 Å². The van der Waals surface area contributed by atoms with Crippen molar-refractivity contribution >= 4 is 16.7 Å². The molecule has 1 amide bonds. The van der Waals surface area contributed by atoms with Crippen LogP contribution in [-0.4, -0.2) is 36.5 Å². The van der Waals surface area contributed by atoms with Crippen molar-refractivity contribution in [2.45, 2.75) is 31.7 Å². The van der Waals surface area contributed by atoms with Gasteiger partial charge in [-0.05, 0) is 54.6 Å². The maximum Gasteiger partial charge on any atom is 0.252 e. The molecule has 4 rings (SSSR count). The molecular formula is C25H28N2O. The molecule has 3 nitrogen and oxygen atoms in total. The fourth-order valence-corrected chi connectivity index (χ4v) is 4.14. The van der Waals surface area contributed by atoms with E-state index in [0.717, 1.165) is 55.2 Å². The van der Waals surface area contributed by atoms with Crippen molar-refractivity contribution in [3.05, 3.63) is 83.9 Å². The SMILES string of the molecule is O=C(NC1CCN(CCCc2ccccc2)CC1)c1cccc2ccccc12. The Labute approximate surface area is 167 Å². The summed E-state index contributed by atoms with van der Waals surface area (Å²) in [7, 11) is 0. The summed E-state index contributed by atoms with van der Waals surface area (Å²) in [5.41, 5.74) is 2.20. The molecule has 1 aliphatic rings. The lowest BCUT2D eigenvalue weighted by molar-refractivity contribution is 0.0912. The van der Waals surface area contributed by atoms with E-state index in [4.69, 9.17) is 0 Å². The molecule has 0 atom stereocenters. The van der Waals surface area contributed by atoms with Gasteiger partial charge in [0.15, 0.2) is 0 Å². The minimum Gasteiger partial charge on any atom is -0.349 e. The van der Waals surface area contributed by atoms with Crippen molar-refractivity contribution in [1.82, 2.24) is 10.2 Å². The number of nitrogens with zero attached hydrogens (tertiary/aromatic N) is 1.